The first-order valence-corrected chi connectivity index (χ1v) is 9.99. The van der Waals surface area contributed by atoms with E-state index in [1.165, 1.54) is 33.8 Å². The van der Waals surface area contributed by atoms with Gasteiger partial charge in [0.1, 0.15) is 0 Å². The van der Waals surface area contributed by atoms with Gasteiger partial charge in [0, 0.05) is 43.1 Å². The zero-order valence-electron chi connectivity index (χ0n) is 17.3. The van der Waals surface area contributed by atoms with Crippen molar-refractivity contribution in [3.8, 4) is 11.3 Å². The van der Waals surface area contributed by atoms with E-state index < -0.39 is 0 Å². The van der Waals surface area contributed by atoms with Crippen molar-refractivity contribution < 1.29 is 0 Å². The summed E-state index contributed by atoms with van der Waals surface area (Å²) in [7, 11) is 2.01. The third-order valence-electron chi connectivity index (χ3n) is 6.02. The molecule has 0 aliphatic carbocycles. The standard InChI is InChI=1S/C23H29N5/c1-6-10-27-11-9-20-13-19(7-8-22(20)27)23-14-24-15-28(23)16(2)12-21-17(3)25-26(5)18(21)4/h6-8,13-16H,1,9-12H2,2-5H3/t16-/m0/s1. The zero-order chi connectivity index (χ0) is 19.8. The number of hydrogen-bond donors (Lipinski definition) is 0. The smallest absolute Gasteiger partial charge is 0.0953 e. The largest absolute Gasteiger partial charge is 0.367 e. The Hall–Kier alpha value is -2.82. The Bertz CT molecular complexity index is 1010. The van der Waals surface area contributed by atoms with Gasteiger partial charge in [0.2, 0.25) is 0 Å². The Morgan fingerprint density at radius 2 is 2.11 bits per heavy atom. The lowest BCUT2D eigenvalue weighted by Gasteiger charge is -2.19. The lowest BCUT2D eigenvalue weighted by Crippen LogP contribution is -2.19. The van der Waals surface area contributed by atoms with Crippen LogP contribution in [0.2, 0.25) is 0 Å². The summed E-state index contributed by atoms with van der Waals surface area (Å²) < 4.78 is 4.27. The molecule has 2 aromatic heterocycles. The van der Waals surface area contributed by atoms with Crippen LogP contribution in [0.1, 0.15) is 35.5 Å². The average Bonchev–Trinajstić information content (AvgIpc) is 3.37. The van der Waals surface area contributed by atoms with Crippen molar-refractivity contribution in [1.82, 2.24) is 19.3 Å². The molecule has 28 heavy (non-hydrogen) atoms. The summed E-state index contributed by atoms with van der Waals surface area (Å²) in [6, 6.07) is 7.11. The van der Waals surface area contributed by atoms with Gasteiger partial charge in [0.25, 0.3) is 0 Å². The number of hydrogen-bond acceptors (Lipinski definition) is 3. The Labute approximate surface area is 167 Å². The van der Waals surface area contributed by atoms with Gasteiger partial charge in [-0.05, 0) is 56.9 Å². The first-order chi connectivity index (χ1) is 13.5. The van der Waals surface area contributed by atoms with Crippen LogP contribution >= 0.6 is 0 Å². The third-order valence-corrected chi connectivity index (χ3v) is 6.02. The number of aryl methyl sites for hydroxylation is 2. The van der Waals surface area contributed by atoms with Gasteiger partial charge in [-0.15, -0.1) is 6.58 Å². The Kier molecular flexibility index (Phi) is 4.84. The molecule has 0 saturated carbocycles. The van der Waals surface area contributed by atoms with E-state index >= 15 is 0 Å². The molecular weight excluding hydrogens is 346 g/mol. The van der Waals surface area contributed by atoms with E-state index in [2.05, 4.69) is 65.1 Å². The fourth-order valence-corrected chi connectivity index (χ4v) is 4.36. The van der Waals surface area contributed by atoms with Crippen LogP contribution < -0.4 is 4.90 Å². The molecule has 1 aromatic carbocycles. The van der Waals surface area contributed by atoms with Crippen molar-refractivity contribution in [2.75, 3.05) is 18.0 Å². The van der Waals surface area contributed by atoms with Gasteiger partial charge in [-0.3, -0.25) is 4.68 Å². The Morgan fingerprint density at radius 3 is 2.82 bits per heavy atom. The molecule has 0 unspecified atom stereocenters. The van der Waals surface area contributed by atoms with Gasteiger partial charge >= 0.3 is 0 Å². The van der Waals surface area contributed by atoms with Crippen LogP contribution in [0.15, 0.2) is 43.4 Å². The van der Waals surface area contributed by atoms with Crippen LogP contribution in [0.5, 0.6) is 0 Å². The summed E-state index contributed by atoms with van der Waals surface area (Å²) in [6.45, 7) is 12.4. The Morgan fingerprint density at radius 1 is 1.29 bits per heavy atom. The molecule has 0 N–H and O–H groups in total. The average molecular weight is 376 g/mol. The van der Waals surface area contributed by atoms with Crippen LogP contribution in [0, 0.1) is 13.8 Å². The quantitative estimate of drug-likeness (QED) is 0.605. The van der Waals surface area contributed by atoms with Gasteiger partial charge in [0.15, 0.2) is 0 Å². The molecule has 0 amide bonds. The molecule has 146 valence electrons. The topological polar surface area (TPSA) is 38.9 Å². The summed E-state index contributed by atoms with van der Waals surface area (Å²) in [5, 5.41) is 4.57. The van der Waals surface area contributed by atoms with Crippen molar-refractivity contribution >= 4 is 5.69 Å². The maximum Gasteiger partial charge on any atom is 0.0953 e. The van der Waals surface area contributed by atoms with Crippen molar-refractivity contribution in [2.45, 2.75) is 39.7 Å². The molecule has 0 spiro atoms. The molecule has 1 atom stereocenters. The van der Waals surface area contributed by atoms with Crippen LogP contribution in [-0.4, -0.2) is 32.4 Å². The van der Waals surface area contributed by atoms with Gasteiger partial charge in [-0.25, -0.2) is 4.98 Å². The third kappa shape index (κ3) is 3.15. The van der Waals surface area contributed by atoms with E-state index in [9.17, 15) is 0 Å². The second-order valence-electron chi connectivity index (χ2n) is 7.84. The molecule has 0 radical (unpaired) electrons. The molecule has 1 aliphatic rings. The van der Waals surface area contributed by atoms with Crippen LogP contribution in [0.4, 0.5) is 5.69 Å². The predicted octanol–water partition coefficient (Wildman–Crippen LogP) is 4.25. The normalized spacial score (nSPS) is 14.4. The fourth-order valence-electron chi connectivity index (χ4n) is 4.36. The summed E-state index contributed by atoms with van der Waals surface area (Å²) in [5.74, 6) is 0. The minimum atomic E-state index is 0.310. The molecule has 4 rings (SSSR count). The monoisotopic (exact) mass is 375 g/mol. The minimum Gasteiger partial charge on any atom is -0.367 e. The second-order valence-corrected chi connectivity index (χ2v) is 7.84. The molecule has 5 heteroatoms. The minimum absolute atomic E-state index is 0.310. The maximum atomic E-state index is 4.57. The number of benzene rings is 1. The highest BCUT2D eigenvalue weighted by atomic mass is 15.3. The summed E-state index contributed by atoms with van der Waals surface area (Å²) in [6.07, 6.45) is 7.96. The summed E-state index contributed by atoms with van der Waals surface area (Å²) in [5.41, 5.74) is 8.87. The number of nitrogens with zero attached hydrogens (tertiary/aromatic N) is 5. The number of anilines is 1. The highest BCUT2D eigenvalue weighted by molar-refractivity contribution is 5.69. The number of aromatic nitrogens is 4. The van der Waals surface area contributed by atoms with Crippen molar-refractivity contribution in [3.05, 3.63) is 65.9 Å². The van der Waals surface area contributed by atoms with E-state index in [4.69, 9.17) is 0 Å². The van der Waals surface area contributed by atoms with Gasteiger partial charge in [-0.1, -0.05) is 12.1 Å². The molecule has 5 nitrogen and oxygen atoms in total. The molecule has 3 aromatic rings. The van der Waals surface area contributed by atoms with Gasteiger partial charge < -0.3 is 9.47 Å². The number of rotatable bonds is 6. The molecule has 0 fully saturated rings. The van der Waals surface area contributed by atoms with Crippen molar-refractivity contribution in [1.29, 1.82) is 0 Å². The van der Waals surface area contributed by atoms with E-state index in [0.29, 0.717) is 6.04 Å². The van der Waals surface area contributed by atoms with E-state index in [1.807, 2.05) is 30.3 Å². The highest BCUT2D eigenvalue weighted by Gasteiger charge is 2.21. The van der Waals surface area contributed by atoms with Gasteiger partial charge in [-0.2, -0.15) is 5.10 Å². The maximum absolute atomic E-state index is 4.57. The van der Waals surface area contributed by atoms with E-state index in [0.717, 1.165) is 31.6 Å². The second kappa shape index (κ2) is 7.30. The first-order valence-electron chi connectivity index (χ1n) is 9.99. The lowest BCUT2D eigenvalue weighted by atomic mass is 10.0. The predicted molar refractivity (Wildman–Crippen MR) is 115 cm³/mol. The first kappa shape index (κ1) is 18.5. The fraction of sp³-hybridized carbons (Fsp3) is 0.391. The SMILES string of the molecule is C=CCN1CCc2cc(-c3cncn3[C@@H](C)Cc3c(C)nn(C)c3C)ccc21. The summed E-state index contributed by atoms with van der Waals surface area (Å²) in [4.78, 5) is 6.86. The van der Waals surface area contributed by atoms with Crippen LogP contribution in [0.3, 0.4) is 0 Å². The summed E-state index contributed by atoms with van der Waals surface area (Å²) >= 11 is 0. The molecule has 3 heterocycles. The molecule has 0 bridgehead atoms. The van der Waals surface area contributed by atoms with Gasteiger partial charge in [0.05, 0.1) is 23.9 Å². The lowest BCUT2D eigenvalue weighted by molar-refractivity contribution is 0.546. The molecule has 0 saturated heterocycles. The van der Waals surface area contributed by atoms with Crippen molar-refractivity contribution in [2.24, 2.45) is 7.05 Å². The van der Waals surface area contributed by atoms with Crippen molar-refractivity contribution in [3.63, 3.8) is 0 Å². The van der Waals surface area contributed by atoms with E-state index in [-0.39, 0.29) is 0 Å². The van der Waals surface area contributed by atoms with E-state index in [1.54, 1.807) is 0 Å². The number of fused-ring (bicyclic) bond motifs is 1. The Balaban J connectivity index is 1.62. The molecular formula is C23H29N5. The van der Waals surface area contributed by atoms with Crippen LogP contribution in [0.25, 0.3) is 11.3 Å². The zero-order valence-corrected chi connectivity index (χ0v) is 17.3. The molecule has 1 aliphatic heterocycles. The van der Waals surface area contributed by atoms with Crippen LogP contribution in [-0.2, 0) is 19.9 Å². The highest BCUT2D eigenvalue weighted by Crippen LogP contribution is 2.33. The number of imidazole rings is 1.